The minimum Gasteiger partial charge on any atom is -0.368 e. The number of likely N-dealkylation sites (N-methyl/N-ethyl adjacent to an activating group) is 1. The van der Waals surface area contributed by atoms with E-state index in [4.69, 9.17) is 17.3 Å². The van der Waals surface area contributed by atoms with Crippen LogP contribution in [0.2, 0.25) is 5.02 Å². The van der Waals surface area contributed by atoms with Crippen molar-refractivity contribution in [3.05, 3.63) is 28.8 Å². The monoisotopic (exact) mass is 255 g/mol. The molecule has 0 unspecified atom stereocenters. The molecule has 0 bridgehead atoms. The van der Waals surface area contributed by atoms with Gasteiger partial charge < -0.3 is 16.0 Å². The first-order valence-corrected chi connectivity index (χ1v) is 5.92. The number of halogens is 1. The van der Waals surface area contributed by atoms with Crippen LogP contribution < -0.4 is 16.0 Å². The van der Waals surface area contributed by atoms with Crippen molar-refractivity contribution >= 4 is 23.2 Å². The molecule has 4 nitrogen and oxygen atoms in total. The van der Waals surface area contributed by atoms with Crippen LogP contribution in [0, 0.1) is 0 Å². The summed E-state index contributed by atoms with van der Waals surface area (Å²) in [6.07, 6.45) is 0. The van der Waals surface area contributed by atoms with E-state index < -0.39 is 0 Å². The maximum Gasteiger partial charge on any atom is 0.236 e. The number of carbonyl (C=O) groups is 1. The molecule has 0 fully saturated rings. The van der Waals surface area contributed by atoms with Crippen molar-refractivity contribution in [2.45, 2.75) is 13.5 Å². The number of nitrogens with zero attached hydrogens (tertiary/aromatic N) is 1. The highest BCUT2D eigenvalue weighted by molar-refractivity contribution is 6.30. The fourth-order valence-electron chi connectivity index (χ4n) is 1.75. The second-order valence-corrected chi connectivity index (χ2v) is 4.22. The van der Waals surface area contributed by atoms with E-state index in [1.807, 2.05) is 37.1 Å². The molecule has 17 heavy (non-hydrogen) atoms. The van der Waals surface area contributed by atoms with Crippen molar-refractivity contribution in [2.75, 3.05) is 25.0 Å². The van der Waals surface area contributed by atoms with Crippen LogP contribution in [-0.4, -0.2) is 26.0 Å². The molecule has 1 aromatic carbocycles. The van der Waals surface area contributed by atoms with Gasteiger partial charge in [-0.1, -0.05) is 11.6 Å². The molecule has 0 saturated heterocycles. The van der Waals surface area contributed by atoms with Crippen molar-refractivity contribution in [3.8, 4) is 0 Å². The molecule has 0 atom stereocenters. The number of benzene rings is 1. The molecular weight excluding hydrogens is 238 g/mol. The number of hydrogen-bond donors (Lipinski definition) is 2. The number of anilines is 1. The van der Waals surface area contributed by atoms with Gasteiger partial charge in [0.15, 0.2) is 0 Å². The number of rotatable bonds is 6. The predicted molar refractivity (Wildman–Crippen MR) is 71.3 cm³/mol. The van der Waals surface area contributed by atoms with Crippen LogP contribution in [0.5, 0.6) is 0 Å². The number of primary amides is 1. The van der Waals surface area contributed by atoms with Crippen molar-refractivity contribution < 1.29 is 4.79 Å². The maximum atomic E-state index is 11.0. The van der Waals surface area contributed by atoms with E-state index >= 15 is 0 Å². The first-order valence-electron chi connectivity index (χ1n) is 5.54. The lowest BCUT2D eigenvalue weighted by atomic mass is 10.1. The average Bonchev–Trinajstić information content (AvgIpc) is 2.27. The lowest BCUT2D eigenvalue weighted by Gasteiger charge is -2.24. The largest absolute Gasteiger partial charge is 0.368 e. The summed E-state index contributed by atoms with van der Waals surface area (Å²) in [6, 6.07) is 5.64. The van der Waals surface area contributed by atoms with Crippen molar-refractivity contribution in [2.24, 2.45) is 5.73 Å². The molecule has 0 saturated carbocycles. The quantitative estimate of drug-likeness (QED) is 0.807. The van der Waals surface area contributed by atoms with Crippen LogP contribution in [0.25, 0.3) is 0 Å². The molecule has 0 radical (unpaired) electrons. The average molecular weight is 256 g/mol. The molecule has 3 N–H and O–H groups in total. The molecule has 1 aromatic rings. The zero-order valence-electron chi connectivity index (χ0n) is 10.2. The van der Waals surface area contributed by atoms with Gasteiger partial charge in [-0.05, 0) is 37.7 Å². The summed E-state index contributed by atoms with van der Waals surface area (Å²) in [6.45, 7) is 3.63. The van der Waals surface area contributed by atoms with Gasteiger partial charge in [-0.3, -0.25) is 4.79 Å². The van der Waals surface area contributed by atoms with Gasteiger partial charge in [0, 0.05) is 23.8 Å². The van der Waals surface area contributed by atoms with Gasteiger partial charge in [-0.2, -0.15) is 0 Å². The van der Waals surface area contributed by atoms with E-state index in [0.29, 0.717) is 11.6 Å². The lowest BCUT2D eigenvalue weighted by molar-refractivity contribution is -0.116. The summed E-state index contributed by atoms with van der Waals surface area (Å²) in [7, 11) is 1.87. The Labute approximate surface area is 107 Å². The molecule has 1 amide bonds. The molecule has 0 heterocycles. The van der Waals surface area contributed by atoms with Crippen molar-refractivity contribution in [1.82, 2.24) is 5.32 Å². The van der Waals surface area contributed by atoms with Crippen LogP contribution >= 0.6 is 11.6 Å². The topological polar surface area (TPSA) is 58.4 Å². The Bertz CT molecular complexity index is 395. The van der Waals surface area contributed by atoms with Crippen molar-refractivity contribution in [1.29, 1.82) is 0 Å². The summed E-state index contributed by atoms with van der Waals surface area (Å²) in [5, 5.41) is 3.77. The normalized spacial score (nSPS) is 10.3. The molecule has 0 aromatic heterocycles. The van der Waals surface area contributed by atoms with Gasteiger partial charge >= 0.3 is 0 Å². The third-order valence-corrected chi connectivity index (χ3v) is 2.71. The van der Waals surface area contributed by atoms with E-state index in [1.54, 1.807) is 0 Å². The fourth-order valence-corrected chi connectivity index (χ4v) is 1.94. The highest BCUT2D eigenvalue weighted by Crippen LogP contribution is 2.24. The molecule has 0 aliphatic heterocycles. The Morgan fingerprint density at radius 2 is 2.24 bits per heavy atom. The third kappa shape index (κ3) is 3.91. The predicted octanol–water partition coefficient (Wildman–Crippen LogP) is 1.37. The molecule has 0 aliphatic rings. The molecule has 94 valence electrons. The second kappa shape index (κ2) is 6.47. The Morgan fingerprint density at radius 3 is 2.76 bits per heavy atom. The van der Waals surface area contributed by atoms with E-state index in [0.717, 1.165) is 17.8 Å². The Balaban J connectivity index is 3.04. The van der Waals surface area contributed by atoms with Gasteiger partial charge in [0.05, 0.1) is 6.54 Å². The number of nitrogens with one attached hydrogen (secondary N) is 1. The highest BCUT2D eigenvalue weighted by Gasteiger charge is 2.11. The van der Waals surface area contributed by atoms with Crippen LogP contribution in [0.4, 0.5) is 5.69 Å². The first kappa shape index (κ1) is 13.8. The van der Waals surface area contributed by atoms with E-state index in [9.17, 15) is 4.79 Å². The zero-order valence-corrected chi connectivity index (χ0v) is 10.9. The lowest BCUT2D eigenvalue weighted by Crippen LogP contribution is -2.34. The minimum absolute atomic E-state index is 0.217. The standard InChI is InChI=1S/C12H18ClN3O/c1-3-16(8-12(14)17)11-5-4-10(13)6-9(11)7-15-2/h4-6,15H,3,7-8H2,1-2H3,(H2,14,17). The Kier molecular flexibility index (Phi) is 5.25. The minimum atomic E-state index is -0.336. The summed E-state index contributed by atoms with van der Waals surface area (Å²) in [4.78, 5) is 13.0. The van der Waals surface area contributed by atoms with E-state index in [-0.39, 0.29) is 12.5 Å². The van der Waals surface area contributed by atoms with Gasteiger partial charge in [0.2, 0.25) is 5.91 Å². The highest BCUT2D eigenvalue weighted by atomic mass is 35.5. The number of nitrogens with two attached hydrogens (primary N) is 1. The Hall–Kier alpha value is -1.26. The molecule has 0 aliphatic carbocycles. The number of carbonyl (C=O) groups excluding carboxylic acids is 1. The van der Waals surface area contributed by atoms with Gasteiger partial charge in [-0.15, -0.1) is 0 Å². The van der Waals surface area contributed by atoms with Crippen LogP contribution in [0.1, 0.15) is 12.5 Å². The summed E-state index contributed by atoms with van der Waals surface area (Å²) >= 11 is 5.97. The maximum absolute atomic E-state index is 11.0. The molecule has 0 spiro atoms. The number of hydrogen-bond acceptors (Lipinski definition) is 3. The van der Waals surface area contributed by atoms with Crippen molar-refractivity contribution in [3.63, 3.8) is 0 Å². The molecule has 5 heteroatoms. The van der Waals surface area contributed by atoms with Crippen LogP contribution in [0.3, 0.4) is 0 Å². The van der Waals surface area contributed by atoms with E-state index in [1.165, 1.54) is 0 Å². The third-order valence-electron chi connectivity index (χ3n) is 2.48. The second-order valence-electron chi connectivity index (χ2n) is 3.78. The van der Waals surface area contributed by atoms with Gasteiger partial charge in [0.1, 0.15) is 0 Å². The summed E-state index contributed by atoms with van der Waals surface area (Å²) < 4.78 is 0. The smallest absolute Gasteiger partial charge is 0.236 e. The zero-order chi connectivity index (χ0) is 12.8. The Morgan fingerprint density at radius 1 is 1.53 bits per heavy atom. The molecular formula is C12H18ClN3O. The molecule has 1 rings (SSSR count). The SMILES string of the molecule is CCN(CC(N)=O)c1ccc(Cl)cc1CNC. The first-order chi connectivity index (χ1) is 8.08. The summed E-state index contributed by atoms with van der Waals surface area (Å²) in [5.74, 6) is -0.336. The van der Waals surface area contributed by atoms with Gasteiger partial charge in [-0.25, -0.2) is 0 Å². The van der Waals surface area contributed by atoms with Crippen LogP contribution in [-0.2, 0) is 11.3 Å². The van der Waals surface area contributed by atoms with Crippen LogP contribution in [0.15, 0.2) is 18.2 Å². The summed E-state index contributed by atoms with van der Waals surface area (Å²) in [5.41, 5.74) is 7.29. The fraction of sp³-hybridized carbons (Fsp3) is 0.417. The number of amides is 1. The van der Waals surface area contributed by atoms with Gasteiger partial charge in [0.25, 0.3) is 0 Å². The van der Waals surface area contributed by atoms with E-state index in [2.05, 4.69) is 5.32 Å².